The Balaban J connectivity index is 1.48. The number of carbonyl (C=O) groups is 2. The second kappa shape index (κ2) is 10.2. The summed E-state index contributed by atoms with van der Waals surface area (Å²) >= 11 is 0. The van der Waals surface area contributed by atoms with Crippen LogP contribution in [0.1, 0.15) is 76.4 Å². The number of hydrogen-bond acceptors (Lipinski definition) is 4. The van der Waals surface area contributed by atoms with E-state index in [0.29, 0.717) is 38.0 Å². The van der Waals surface area contributed by atoms with Crippen LogP contribution in [0.25, 0.3) is 0 Å². The molecular weight excluding hydrogens is 460 g/mol. The molecule has 6 nitrogen and oxygen atoms in total. The first kappa shape index (κ1) is 25.6. The van der Waals surface area contributed by atoms with Gasteiger partial charge < -0.3 is 4.90 Å². The maximum atomic E-state index is 13.4. The van der Waals surface area contributed by atoms with Gasteiger partial charge in [-0.2, -0.15) is 4.31 Å². The zero-order chi connectivity index (χ0) is 25.3. The molecule has 1 unspecified atom stereocenters. The fourth-order valence-electron chi connectivity index (χ4n) is 5.38. The number of Topliss-reactive ketones (excluding diaryl/α,β-unsaturated/α-hetero) is 1. The molecule has 4 rings (SSSR count). The molecule has 0 N–H and O–H groups in total. The van der Waals surface area contributed by atoms with Crippen molar-refractivity contribution in [3.8, 4) is 0 Å². The topological polar surface area (TPSA) is 74.8 Å². The standard InChI is InChI=1S/C28H36N2O4S/c1-19-8-11-25(21(3)17-19)27(31)23-12-15-29(16-13-23)28(32)26-18-24(10-9-20(26)2)35(33,34)30-14-6-5-7-22(30)4/h8-11,17-18,22-23H,5-7,12-16H2,1-4H3. The van der Waals surface area contributed by atoms with Crippen molar-refractivity contribution in [2.45, 2.75) is 70.7 Å². The molecule has 0 radical (unpaired) electrons. The average Bonchev–Trinajstić information content (AvgIpc) is 2.83. The van der Waals surface area contributed by atoms with Crippen molar-refractivity contribution in [2.24, 2.45) is 5.92 Å². The van der Waals surface area contributed by atoms with Crippen LogP contribution in [-0.4, -0.2) is 55.0 Å². The lowest BCUT2D eigenvalue weighted by molar-refractivity contribution is 0.0649. The van der Waals surface area contributed by atoms with Crippen molar-refractivity contribution in [1.82, 2.24) is 9.21 Å². The number of benzene rings is 2. The molecule has 2 heterocycles. The summed E-state index contributed by atoms with van der Waals surface area (Å²) < 4.78 is 28.2. The Labute approximate surface area is 209 Å². The van der Waals surface area contributed by atoms with Gasteiger partial charge in [-0.3, -0.25) is 9.59 Å². The van der Waals surface area contributed by atoms with Crippen LogP contribution in [0.4, 0.5) is 0 Å². The molecule has 188 valence electrons. The van der Waals surface area contributed by atoms with Crippen molar-refractivity contribution in [1.29, 1.82) is 0 Å². The van der Waals surface area contributed by atoms with Crippen LogP contribution in [0.3, 0.4) is 0 Å². The highest BCUT2D eigenvalue weighted by Gasteiger charge is 2.33. The molecule has 1 amide bonds. The monoisotopic (exact) mass is 496 g/mol. The maximum absolute atomic E-state index is 13.4. The molecule has 0 spiro atoms. The van der Waals surface area contributed by atoms with E-state index in [9.17, 15) is 18.0 Å². The van der Waals surface area contributed by atoms with E-state index in [1.807, 2.05) is 45.9 Å². The summed E-state index contributed by atoms with van der Waals surface area (Å²) in [4.78, 5) is 28.4. The number of piperidine rings is 2. The lowest BCUT2D eigenvalue weighted by atomic mass is 9.86. The average molecular weight is 497 g/mol. The minimum Gasteiger partial charge on any atom is -0.339 e. The van der Waals surface area contributed by atoms with Gasteiger partial charge in [-0.15, -0.1) is 0 Å². The molecule has 2 aliphatic heterocycles. The number of rotatable bonds is 5. The normalized spacial score (nSPS) is 20.1. The Morgan fingerprint density at radius 1 is 0.829 bits per heavy atom. The summed E-state index contributed by atoms with van der Waals surface area (Å²) in [5, 5.41) is 0. The van der Waals surface area contributed by atoms with Crippen LogP contribution < -0.4 is 0 Å². The van der Waals surface area contributed by atoms with Crippen molar-refractivity contribution in [2.75, 3.05) is 19.6 Å². The smallest absolute Gasteiger partial charge is 0.254 e. The Kier molecular flexibility index (Phi) is 7.48. The number of nitrogens with zero attached hydrogens (tertiary/aromatic N) is 2. The fourth-order valence-corrected chi connectivity index (χ4v) is 7.11. The predicted molar refractivity (Wildman–Crippen MR) is 137 cm³/mol. The van der Waals surface area contributed by atoms with Crippen LogP contribution in [0.5, 0.6) is 0 Å². The summed E-state index contributed by atoms with van der Waals surface area (Å²) in [6.07, 6.45) is 3.97. The number of sulfonamides is 1. The zero-order valence-electron chi connectivity index (χ0n) is 21.2. The van der Waals surface area contributed by atoms with Gasteiger partial charge in [0.15, 0.2) is 5.78 Å². The van der Waals surface area contributed by atoms with E-state index < -0.39 is 10.0 Å². The molecule has 2 fully saturated rings. The molecule has 0 aromatic heterocycles. The van der Waals surface area contributed by atoms with Crippen LogP contribution in [0.15, 0.2) is 41.3 Å². The van der Waals surface area contributed by atoms with E-state index in [2.05, 4.69) is 0 Å². The number of ketones is 1. The summed E-state index contributed by atoms with van der Waals surface area (Å²) in [5.41, 5.74) is 4.07. The van der Waals surface area contributed by atoms with Gasteiger partial charge in [0.2, 0.25) is 10.0 Å². The summed E-state index contributed by atoms with van der Waals surface area (Å²) in [6.45, 7) is 9.25. The van der Waals surface area contributed by atoms with E-state index >= 15 is 0 Å². The van der Waals surface area contributed by atoms with Crippen molar-refractivity contribution < 1.29 is 18.0 Å². The van der Waals surface area contributed by atoms with Gasteiger partial charge in [0, 0.05) is 42.7 Å². The lowest BCUT2D eigenvalue weighted by Gasteiger charge is -2.33. The van der Waals surface area contributed by atoms with E-state index in [0.717, 1.165) is 41.5 Å². The van der Waals surface area contributed by atoms with E-state index in [1.165, 1.54) is 0 Å². The first-order valence-electron chi connectivity index (χ1n) is 12.6. The molecule has 2 aromatic carbocycles. The van der Waals surface area contributed by atoms with Gasteiger partial charge in [0.1, 0.15) is 0 Å². The molecule has 2 aromatic rings. The highest BCUT2D eigenvalue weighted by molar-refractivity contribution is 7.89. The van der Waals surface area contributed by atoms with Gasteiger partial charge in [0.05, 0.1) is 4.90 Å². The second-order valence-corrected chi connectivity index (χ2v) is 12.1. The van der Waals surface area contributed by atoms with Crippen molar-refractivity contribution in [3.63, 3.8) is 0 Å². The van der Waals surface area contributed by atoms with Gasteiger partial charge in [-0.05, 0) is 76.6 Å². The number of carbonyl (C=O) groups excluding carboxylic acids is 2. The number of aryl methyl sites for hydroxylation is 3. The third-order valence-electron chi connectivity index (χ3n) is 7.59. The molecular formula is C28H36N2O4S. The maximum Gasteiger partial charge on any atom is 0.254 e. The SMILES string of the molecule is Cc1ccc(C(=O)C2CCN(C(=O)c3cc(S(=O)(=O)N4CCCCC4C)ccc3C)CC2)c(C)c1. The van der Waals surface area contributed by atoms with Crippen molar-refractivity contribution >= 4 is 21.7 Å². The van der Waals surface area contributed by atoms with Crippen LogP contribution >= 0.6 is 0 Å². The van der Waals surface area contributed by atoms with Gasteiger partial charge in [-0.25, -0.2) is 8.42 Å². The highest BCUT2D eigenvalue weighted by atomic mass is 32.2. The van der Waals surface area contributed by atoms with Gasteiger partial charge in [-0.1, -0.05) is 36.2 Å². The summed E-state index contributed by atoms with van der Waals surface area (Å²) in [5.74, 6) is -0.118. The second-order valence-electron chi connectivity index (χ2n) is 10.2. The summed E-state index contributed by atoms with van der Waals surface area (Å²) in [6, 6.07) is 10.7. The molecule has 2 aliphatic rings. The quantitative estimate of drug-likeness (QED) is 0.551. The van der Waals surface area contributed by atoms with Gasteiger partial charge in [0.25, 0.3) is 5.91 Å². The zero-order valence-corrected chi connectivity index (χ0v) is 22.0. The minimum atomic E-state index is -3.65. The minimum absolute atomic E-state index is 0.0389. The van der Waals surface area contributed by atoms with E-state index in [1.54, 1.807) is 27.4 Å². The Bertz CT molecular complexity index is 1230. The molecule has 1 atom stereocenters. The number of hydrogen-bond donors (Lipinski definition) is 0. The number of amides is 1. The first-order valence-corrected chi connectivity index (χ1v) is 14.1. The third kappa shape index (κ3) is 5.21. The fraction of sp³-hybridized carbons (Fsp3) is 0.500. The van der Waals surface area contributed by atoms with Crippen LogP contribution in [0.2, 0.25) is 0 Å². The van der Waals surface area contributed by atoms with Crippen LogP contribution in [0, 0.1) is 26.7 Å². The molecule has 2 saturated heterocycles. The first-order chi connectivity index (χ1) is 16.6. The number of likely N-dealkylation sites (tertiary alicyclic amines) is 1. The molecule has 7 heteroatoms. The largest absolute Gasteiger partial charge is 0.339 e. The summed E-state index contributed by atoms with van der Waals surface area (Å²) in [7, 11) is -3.65. The van der Waals surface area contributed by atoms with Gasteiger partial charge >= 0.3 is 0 Å². The van der Waals surface area contributed by atoms with E-state index in [-0.39, 0.29) is 28.5 Å². The Morgan fingerprint density at radius 3 is 2.20 bits per heavy atom. The Hall–Kier alpha value is -2.51. The third-order valence-corrected chi connectivity index (χ3v) is 9.60. The molecule has 0 saturated carbocycles. The highest BCUT2D eigenvalue weighted by Crippen LogP contribution is 2.29. The molecule has 35 heavy (non-hydrogen) atoms. The molecule has 0 aliphatic carbocycles. The van der Waals surface area contributed by atoms with Crippen molar-refractivity contribution in [3.05, 3.63) is 64.2 Å². The predicted octanol–water partition coefficient (Wildman–Crippen LogP) is 4.91. The lowest BCUT2D eigenvalue weighted by Crippen LogP contribution is -2.42. The molecule has 0 bridgehead atoms. The van der Waals surface area contributed by atoms with Crippen LogP contribution in [-0.2, 0) is 10.0 Å². The Morgan fingerprint density at radius 2 is 1.54 bits per heavy atom. The van der Waals surface area contributed by atoms with E-state index in [4.69, 9.17) is 0 Å².